The average molecular weight is 315 g/mol. The van der Waals surface area contributed by atoms with Crippen LogP contribution >= 0.6 is 15.9 Å². The third-order valence-corrected chi connectivity index (χ3v) is 4.25. The van der Waals surface area contributed by atoms with Gasteiger partial charge in [-0.2, -0.15) is 0 Å². The van der Waals surface area contributed by atoms with E-state index in [1.54, 1.807) is 6.07 Å². The summed E-state index contributed by atoms with van der Waals surface area (Å²) < 4.78 is 0.581. The molecule has 0 amide bonds. The van der Waals surface area contributed by atoms with E-state index in [-0.39, 0.29) is 10.6 Å². The van der Waals surface area contributed by atoms with Crippen molar-refractivity contribution in [1.82, 2.24) is 4.90 Å². The van der Waals surface area contributed by atoms with Crippen molar-refractivity contribution in [2.45, 2.75) is 33.4 Å². The first-order chi connectivity index (χ1) is 8.34. The van der Waals surface area contributed by atoms with Crippen molar-refractivity contribution in [3.8, 4) is 0 Å². The molecule has 18 heavy (non-hydrogen) atoms. The van der Waals surface area contributed by atoms with E-state index in [2.05, 4.69) is 41.6 Å². The summed E-state index contributed by atoms with van der Waals surface area (Å²) in [7, 11) is 2.04. The van der Waals surface area contributed by atoms with Crippen molar-refractivity contribution in [2.24, 2.45) is 5.92 Å². The predicted octanol–water partition coefficient (Wildman–Crippen LogP) is 3.83. The summed E-state index contributed by atoms with van der Waals surface area (Å²) in [6.45, 7) is 7.20. The molecule has 0 saturated heterocycles. The van der Waals surface area contributed by atoms with Gasteiger partial charge in [-0.3, -0.25) is 15.0 Å². The highest BCUT2D eigenvalue weighted by Gasteiger charge is 2.18. The van der Waals surface area contributed by atoms with E-state index in [4.69, 9.17) is 0 Å². The number of nitro benzene ring substituents is 1. The predicted molar refractivity (Wildman–Crippen MR) is 76.6 cm³/mol. The number of nitrogens with zero attached hydrogens (tertiary/aromatic N) is 2. The molecule has 1 aromatic carbocycles. The highest BCUT2D eigenvalue weighted by atomic mass is 79.9. The summed E-state index contributed by atoms with van der Waals surface area (Å²) in [5, 5.41) is 10.9. The Morgan fingerprint density at radius 2 is 2.00 bits per heavy atom. The van der Waals surface area contributed by atoms with E-state index in [1.807, 2.05) is 13.1 Å². The topological polar surface area (TPSA) is 46.4 Å². The molecule has 0 aliphatic heterocycles. The van der Waals surface area contributed by atoms with Gasteiger partial charge in [0.1, 0.15) is 0 Å². The quantitative estimate of drug-likeness (QED) is 0.613. The molecule has 1 rings (SSSR count). The van der Waals surface area contributed by atoms with E-state index < -0.39 is 0 Å². The zero-order valence-corrected chi connectivity index (χ0v) is 12.8. The number of hydrogen-bond acceptors (Lipinski definition) is 3. The van der Waals surface area contributed by atoms with Crippen LogP contribution in [0.2, 0.25) is 0 Å². The molecule has 0 radical (unpaired) electrons. The Morgan fingerprint density at radius 1 is 1.39 bits per heavy atom. The minimum Gasteiger partial charge on any atom is -0.299 e. The monoisotopic (exact) mass is 314 g/mol. The number of rotatable bonds is 5. The highest BCUT2D eigenvalue weighted by Crippen LogP contribution is 2.29. The second-order valence-corrected chi connectivity index (χ2v) is 5.70. The molecule has 0 heterocycles. The maximum absolute atomic E-state index is 10.9. The third-order valence-electron chi connectivity index (χ3n) is 3.33. The van der Waals surface area contributed by atoms with Crippen LogP contribution in [-0.4, -0.2) is 22.9 Å². The molecule has 100 valence electrons. The number of hydrogen-bond donors (Lipinski definition) is 0. The molecule has 1 unspecified atom stereocenters. The average Bonchev–Trinajstić information content (AvgIpc) is 2.30. The summed E-state index contributed by atoms with van der Waals surface area (Å²) in [6, 6.07) is 5.59. The maximum Gasteiger partial charge on any atom is 0.283 e. The molecule has 1 atom stereocenters. The van der Waals surface area contributed by atoms with Gasteiger partial charge in [0.15, 0.2) is 0 Å². The summed E-state index contributed by atoms with van der Waals surface area (Å²) in [5.74, 6) is 0.549. The van der Waals surface area contributed by atoms with E-state index in [0.717, 1.165) is 5.56 Å². The molecule has 0 aliphatic rings. The lowest BCUT2D eigenvalue weighted by molar-refractivity contribution is -0.385. The first-order valence-electron chi connectivity index (χ1n) is 5.96. The van der Waals surface area contributed by atoms with Crippen LogP contribution in [0.15, 0.2) is 22.7 Å². The highest BCUT2D eigenvalue weighted by molar-refractivity contribution is 9.10. The molecular weight excluding hydrogens is 296 g/mol. The van der Waals surface area contributed by atoms with Gasteiger partial charge < -0.3 is 0 Å². The van der Waals surface area contributed by atoms with Gasteiger partial charge in [0, 0.05) is 18.7 Å². The second-order valence-electron chi connectivity index (χ2n) is 4.91. The molecular formula is C13H19BrN2O2. The number of benzene rings is 1. The summed E-state index contributed by atoms with van der Waals surface area (Å²) >= 11 is 3.33. The lowest BCUT2D eigenvalue weighted by Crippen LogP contribution is -2.32. The molecule has 0 fully saturated rings. The van der Waals surface area contributed by atoms with Crippen LogP contribution in [0, 0.1) is 16.0 Å². The zero-order chi connectivity index (χ0) is 13.9. The molecule has 1 aromatic rings. The van der Waals surface area contributed by atoms with Gasteiger partial charge in [-0.15, -0.1) is 0 Å². The summed E-state index contributed by atoms with van der Waals surface area (Å²) in [4.78, 5) is 12.7. The van der Waals surface area contributed by atoms with E-state index in [0.29, 0.717) is 23.0 Å². The molecule has 0 aromatic heterocycles. The Kier molecular flexibility index (Phi) is 5.28. The molecule has 4 nitrogen and oxygen atoms in total. The maximum atomic E-state index is 10.9. The molecule has 0 saturated carbocycles. The van der Waals surface area contributed by atoms with Gasteiger partial charge in [-0.25, -0.2) is 0 Å². The largest absolute Gasteiger partial charge is 0.299 e. The van der Waals surface area contributed by atoms with E-state index in [9.17, 15) is 10.1 Å². The van der Waals surface area contributed by atoms with Crippen LogP contribution in [0.4, 0.5) is 5.69 Å². The van der Waals surface area contributed by atoms with Crippen molar-refractivity contribution in [2.75, 3.05) is 7.05 Å². The SMILES string of the molecule is CC(C)C(C)N(C)Cc1cccc([N+](=O)[O-])c1Br. The smallest absolute Gasteiger partial charge is 0.283 e. The van der Waals surface area contributed by atoms with Crippen molar-refractivity contribution in [3.05, 3.63) is 38.3 Å². The molecule has 0 N–H and O–H groups in total. The van der Waals surface area contributed by atoms with Crippen molar-refractivity contribution < 1.29 is 4.92 Å². The lowest BCUT2D eigenvalue weighted by Gasteiger charge is -2.28. The standard InChI is InChI=1S/C13H19BrN2O2/c1-9(2)10(3)15(4)8-11-6-5-7-12(13(11)14)16(17)18/h5-7,9-10H,8H2,1-4H3. The zero-order valence-electron chi connectivity index (χ0n) is 11.2. The van der Waals surface area contributed by atoms with Gasteiger partial charge in [0.25, 0.3) is 5.69 Å². The van der Waals surface area contributed by atoms with Crippen molar-refractivity contribution >= 4 is 21.6 Å². The Hall–Kier alpha value is -0.940. The first-order valence-corrected chi connectivity index (χ1v) is 6.76. The molecule has 0 spiro atoms. The first kappa shape index (κ1) is 15.1. The van der Waals surface area contributed by atoms with E-state index >= 15 is 0 Å². The fourth-order valence-electron chi connectivity index (χ4n) is 1.75. The molecule has 0 aliphatic carbocycles. The third kappa shape index (κ3) is 3.53. The van der Waals surface area contributed by atoms with Crippen LogP contribution in [-0.2, 0) is 6.54 Å². The van der Waals surface area contributed by atoms with Gasteiger partial charge >= 0.3 is 0 Å². The minimum atomic E-state index is -0.362. The van der Waals surface area contributed by atoms with Crippen molar-refractivity contribution in [3.63, 3.8) is 0 Å². The Balaban J connectivity index is 2.92. The minimum absolute atomic E-state index is 0.123. The van der Waals surface area contributed by atoms with Crippen LogP contribution < -0.4 is 0 Å². The van der Waals surface area contributed by atoms with Crippen LogP contribution in [0.5, 0.6) is 0 Å². The van der Waals surface area contributed by atoms with Gasteiger partial charge in [0.05, 0.1) is 9.40 Å². The Labute approximate surface area is 116 Å². The van der Waals surface area contributed by atoms with Gasteiger partial charge in [-0.05, 0) is 41.4 Å². The normalized spacial score (nSPS) is 13.1. The van der Waals surface area contributed by atoms with E-state index in [1.165, 1.54) is 6.07 Å². The Bertz CT molecular complexity index is 435. The summed E-state index contributed by atoms with van der Waals surface area (Å²) in [6.07, 6.45) is 0. The fourth-order valence-corrected chi connectivity index (χ4v) is 2.29. The fraction of sp³-hybridized carbons (Fsp3) is 0.538. The molecule has 5 heteroatoms. The van der Waals surface area contributed by atoms with Crippen LogP contribution in [0.1, 0.15) is 26.3 Å². The van der Waals surface area contributed by atoms with Crippen LogP contribution in [0.3, 0.4) is 0 Å². The van der Waals surface area contributed by atoms with Gasteiger partial charge in [-0.1, -0.05) is 26.0 Å². The van der Waals surface area contributed by atoms with Gasteiger partial charge in [0.2, 0.25) is 0 Å². The molecule has 0 bridgehead atoms. The Morgan fingerprint density at radius 3 is 2.50 bits per heavy atom. The second kappa shape index (κ2) is 6.29. The van der Waals surface area contributed by atoms with Crippen molar-refractivity contribution in [1.29, 1.82) is 0 Å². The van der Waals surface area contributed by atoms with Crippen LogP contribution in [0.25, 0.3) is 0 Å². The lowest BCUT2D eigenvalue weighted by atomic mass is 10.0. The number of halogens is 1. The summed E-state index contributed by atoms with van der Waals surface area (Å²) in [5.41, 5.74) is 1.07. The number of nitro groups is 1.